The van der Waals surface area contributed by atoms with E-state index in [1.165, 1.54) is 0 Å². The molecule has 0 spiro atoms. The average molecular weight is 451 g/mol. The normalized spacial score (nSPS) is 12.6. The Morgan fingerprint density at radius 2 is 1.62 bits per heavy atom. The molecule has 0 saturated heterocycles. The van der Waals surface area contributed by atoms with Crippen LogP contribution in [0.25, 0.3) is 22.2 Å². The predicted molar refractivity (Wildman–Crippen MR) is 120 cm³/mol. The van der Waals surface area contributed by atoms with E-state index in [-0.39, 0.29) is 12.0 Å². The lowest BCUT2D eigenvalue weighted by atomic mass is 9.94. The van der Waals surface area contributed by atoms with Crippen LogP contribution in [0.2, 0.25) is 5.02 Å². The Morgan fingerprint density at radius 3 is 2.38 bits per heavy atom. The molecule has 0 fully saturated rings. The van der Waals surface area contributed by atoms with Gasteiger partial charge in [0.05, 0.1) is 32.5 Å². The summed E-state index contributed by atoms with van der Waals surface area (Å²) in [6.45, 7) is 1.04. The summed E-state index contributed by atoms with van der Waals surface area (Å²) >= 11 is 6.67. The third-order valence-corrected chi connectivity index (χ3v) is 5.48. The van der Waals surface area contributed by atoms with Crippen molar-refractivity contribution in [1.29, 1.82) is 0 Å². The number of anilines is 1. The van der Waals surface area contributed by atoms with Crippen molar-refractivity contribution in [3.63, 3.8) is 0 Å². The van der Waals surface area contributed by atoms with E-state index in [0.29, 0.717) is 46.9 Å². The maximum absolute atomic E-state index is 6.67. The molecule has 0 atom stereocenters. The summed E-state index contributed by atoms with van der Waals surface area (Å²) in [5, 5.41) is 2.51. The molecule has 3 aromatic carbocycles. The molecule has 0 radical (unpaired) electrons. The van der Waals surface area contributed by atoms with E-state index in [0.717, 1.165) is 21.9 Å². The molecule has 0 aliphatic carbocycles. The number of aromatic nitrogens is 3. The van der Waals surface area contributed by atoms with Gasteiger partial charge in [-0.1, -0.05) is 29.8 Å². The highest BCUT2D eigenvalue weighted by Gasteiger charge is 2.21. The van der Waals surface area contributed by atoms with E-state index in [1.807, 2.05) is 24.3 Å². The summed E-state index contributed by atoms with van der Waals surface area (Å²) in [5.74, 6) is 1.89. The van der Waals surface area contributed by atoms with Crippen molar-refractivity contribution in [2.24, 2.45) is 0 Å². The molecule has 2 N–H and O–H groups in total. The van der Waals surface area contributed by atoms with E-state index in [2.05, 4.69) is 15.0 Å². The zero-order chi connectivity index (χ0) is 22.2. The van der Waals surface area contributed by atoms with Gasteiger partial charge in [-0.15, -0.1) is 0 Å². The highest BCUT2D eigenvalue weighted by molar-refractivity contribution is 6.35. The Morgan fingerprint density at radius 1 is 0.906 bits per heavy atom. The Labute approximate surface area is 188 Å². The van der Waals surface area contributed by atoms with Crippen molar-refractivity contribution >= 4 is 28.3 Å². The number of rotatable bonds is 5. The summed E-state index contributed by atoms with van der Waals surface area (Å²) in [4.78, 5) is 13.0. The van der Waals surface area contributed by atoms with Crippen LogP contribution >= 0.6 is 11.6 Å². The zero-order valence-electron chi connectivity index (χ0n) is 17.4. The van der Waals surface area contributed by atoms with E-state index in [4.69, 9.17) is 36.3 Å². The minimum absolute atomic E-state index is 0.0136. The van der Waals surface area contributed by atoms with Gasteiger partial charge in [0.2, 0.25) is 5.95 Å². The van der Waals surface area contributed by atoms with Crippen LogP contribution in [0.3, 0.4) is 0 Å². The molecule has 1 aromatic heterocycles. The Bertz CT molecular complexity index is 1320. The number of ether oxygens (including phenoxy) is 4. The first-order valence-corrected chi connectivity index (χ1v) is 10.2. The van der Waals surface area contributed by atoms with Gasteiger partial charge < -0.3 is 24.7 Å². The summed E-state index contributed by atoms with van der Waals surface area (Å²) in [7, 11) is 3.12. The molecule has 0 bridgehead atoms. The molecular weight excluding hydrogens is 432 g/mol. The van der Waals surface area contributed by atoms with Crippen LogP contribution in [-0.2, 0) is 18.0 Å². The van der Waals surface area contributed by atoms with Gasteiger partial charge in [0.15, 0.2) is 5.82 Å². The van der Waals surface area contributed by atoms with Gasteiger partial charge in [-0.3, -0.25) is 0 Å². The number of benzene rings is 3. The van der Waals surface area contributed by atoms with Crippen LogP contribution in [-0.4, -0.2) is 29.2 Å². The van der Waals surface area contributed by atoms with Gasteiger partial charge in [-0.05, 0) is 28.0 Å². The maximum Gasteiger partial charge on any atom is 0.327 e. The molecule has 0 saturated carbocycles. The molecular formula is C23H19ClN4O4. The smallest absolute Gasteiger partial charge is 0.327 e. The van der Waals surface area contributed by atoms with E-state index >= 15 is 0 Å². The molecule has 1 aliphatic rings. The van der Waals surface area contributed by atoms with Gasteiger partial charge >= 0.3 is 6.01 Å². The minimum Gasteiger partial charge on any atom is -0.496 e. The third-order valence-electron chi connectivity index (χ3n) is 5.19. The summed E-state index contributed by atoms with van der Waals surface area (Å²) in [6, 6.07) is 13.0. The zero-order valence-corrected chi connectivity index (χ0v) is 18.1. The highest BCUT2D eigenvalue weighted by Crippen LogP contribution is 2.40. The Hall–Kier alpha value is -3.62. The second-order valence-electron chi connectivity index (χ2n) is 7.18. The monoisotopic (exact) mass is 450 g/mol. The molecule has 0 unspecified atom stereocenters. The van der Waals surface area contributed by atoms with Crippen molar-refractivity contribution in [2.45, 2.75) is 13.2 Å². The number of halogens is 1. The molecule has 32 heavy (non-hydrogen) atoms. The standard InChI is InChI=1S/C23H19ClN4O4/c1-29-14-7-15(30-2)9-16(8-14)32-23-27-21(26-22(25)28-23)20-17-5-3-4-12-10-31-11-13(19(12)17)6-18(20)24/h3-9H,10-11H2,1-2H3,(H2,25,26,27,28). The molecule has 9 heteroatoms. The van der Waals surface area contributed by atoms with E-state index in [9.17, 15) is 0 Å². The quantitative estimate of drug-likeness (QED) is 0.464. The van der Waals surface area contributed by atoms with Crippen LogP contribution in [0.15, 0.2) is 42.5 Å². The third kappa shape index (κ3) is 3.63. The Kier molecular flexibility index (Phi) is 5.16. The van der Waals surface area contributed by atoms with Gasteiger partial charge in [0, 0.05) is 23.8 Å². The summed E-state index contributed by atoms with van der Waals surface area (Å²) in [5.41, 5.74) is 8.77. The van der Waals surface area contributed by atoms with Crippen LogP contribution in [0.1, 0.15) is 11.1 Å². The fourth-order valence-electron chi connectivity index (χ4n) is 3.82. The first-order valence-electron chi connectivity index (χ1n) is 9.79. The Balaban J connectivity index is 1.62. The van der Waals surface area contributed by atoms with Crippen LogP contribution in [0, 0.1) is 0 Å². The number of methoxy groups -OCH3 is 2. The largest absolute Gasteiger partial charge is 0.496 e. The average Bonchev–Trinajstić information content (AvgIpc) is 2.78. The molecule has 2 heterocycles. The summed E-state index contributed by atoms with van der Waals surface area (Å²) in [6.07, 6.45) is 0. The predicted octanol–water partition coefficient (Wildman–Crippen LogP) is 4.77. The SMILES string of the molecule is COc1cc(OC)cc(Oc2nc(N)nc(-c3c(Cl)cc4c5c(cccc35)COC4)n2)c1. The number of hydrogen-bond acceptors (Lipinski definition) is 8. The van der Waals surface area contributed by atoms with Gasteiger partial charge in [0.1, 0.15) is 17.2 Å². The number of nitrogens with zero attached hydrogens (tertiary/aromatic N) is 3. The van der Waals surface area contributed by atoms with E-state index in [1.54, 1.807) is 32.4 Å². The van der Waals surface area contributed by atoms with Crippen molar-refractivity contribution in [3.05, 3.63) is 58.6 Å². The molecule has 1 aliphatic heterocycles. The lowest BCUT2D eigenvalue weighted by molar-refractivity contribution is 0.103. The number of hydrogen-bond donors (Lipinski definition) is 1. The van der Waals surface area contributed by atoms with Crippen molar-refractivity contribution in [3.8, 4) is 34.6 Å². The number of nitrogens with two attached hydrogens (primary N) is 1. The lowest BCUT2D eigenvalue weighted by Crippen LogP contribution is -2.07. The second kappa shape index (κ2) is 8.14. The number of nitrogen functional groups attached to an aromatic ring is 1. The van der Waals surface area contributed by atoms with Crippen LogP contribution in [0.4, 0.5) is 5.95 Å². The molecule has 162 valence electrons. The van der Waals surface area contributed by atoms with Crippen molar-refractivity contribution in [1.82, 2.24) is 15.0 Å². The van der Waals surface area contributed by atoms with Gasteiger partial charge in [0.25, 0.3) is 0 Å². The molecule has 4 aromatic rings. The van der Waals surface area contributed by atoms with Gasteiger partial charge in [-0.25, -0.2) is 0 Å². The highest BCUT2D eigenvalue weighted by atomic mass is 35.5. The summed E-state index contributed by atoms with van der Waals surface area (Å²) < 4.78 is 22.1. The minimum atomic E-state index is 0.0136. The van der Waals surface area contributed by atoms with Gasteiger partial charge in [-0.2, -0.15) is 15.0 Å². The van der Waals surface area contributed by atoms with Crippen LogP contribution in [0.5, 0.6) is 23.3 Å². The molecule has 5 rings (SSSR count). The van der Waals surface area contributed by atoms with Crippen molar-refractivity contribution < 1.29 is 18.9 Å². The fourth-order valence-corrected chi connectivity index (χ4v) is 4.14. The topological polar surface area (TPSA) is 102 Å². The second-order valence-corrected chi connectivity index (χ2v) is 7.58. The molecule has 0 amide bonds. The lowest BCUT2D eigenvalue weighted by Gasteiger charge is -2.20. The first kappa shape index (κ1) is 20.3. The fraction of sp³-hybridized carbons (Fsp3) is 0.174. The first-order chi connectivity index (χ1) is 15.6. The van der Waals surface area contributed by atoms with Crippen molar-refractivity contribution in [2.75, 3.05) is 20.0 Å². The van der Waals surface area contributed by atoms with Crippen LogP contribution < -0.4 is 19.9 Å². The maximum atomic E-state index is 6.67. The van der Waals surface area contributed by atoms with E-state index < -0.39 is 0 Å². The molecule has 8 nitrogen and oxygen atoms in total.